The van der Waals surface area contributed by atoms with E-state index in [9.17, 15) is 0 Å². The van der Waals surface area contributed by atoms with E-state index >= 15 is 0 Å². The van der Waals surface area contributed by atoms with Crippen LogP contribution in [-0.2, 0) is 21.7 Å². The number of unbranched alkanes of at least 4 members (excludes halogenated alkanes) is 1. The Labute approximate surface area is 221 Å². The summed E-state index contributed by atoms with van der Waals surface area (Å²) in [5.41, 5.74) is 4.40. The fourth-order valence-corrected chi connectivity index (χ4v) is 13.2. The fraction of sp³-hybridized carbons (Fsp3) is 0.733. The van der Waals surface area contributed by atoms with Crippen molar-refractivity contribution in [2.75, 3.05) is 0 Å². The van der Waals surface area contributed by atoms with Crippen LogP contribution in [0.1, 0.15) is 122 Å². The van der Waals surface area contributed by atoms with E-state index in [0.29, 0.717) is 0 Å². The first kappa shape index (κ1) is 29.1. The Bertz CT molecular complexity index is 634. The maximum atomic E-state index is 5.89. The van der Waals surface area contributed by atoms with Crippen LogP contribution in [0.4, 0.5) is 0 Å². The molecule has 0 N–H and O–H groups in total. The van der Waals surface area contributed by atoms with Gasteiger partial charge in [0.1, 0.15) is 0 Å². The summed E-state index contributed by atoms with van der Waals surface area (Å²) >= 11 is 0. The predicted octanol–water partition coefficient (Wildman–Crippen LogP) is 10.6. The van der Waals surface area contributed by atoms with Gasteiger partial charge in [-0.05, 0) is 75.1 Å². The van der Waals surface area contributed by atoms with Crippen molar-refractivity contribution in [2.24, 2.45) is 4.74 Å². The minimum atomic E-state index is -1.25. The molecule has 0 unspecified atom stereocenters. The van der Waals surface area contributed by atoms with Gasteiger partial charge in [-0.25, -0.2) is 0 Å². The molecule has 1 nitrogen and oxygen atoms in total. The van der Waals surface area contributed by atoms with E-state index in [1.165, 1.54) is 115 Å². The minimum absolute atomic E-state index is 0. The quantitative estimate of drug-likeness (QED) is 0.186. The monoisotopic (exact) mass is 503 g/mol. The SMILES string of the molecule is C1=CCC(N=P(C2CCCCC2)(C2CCCCC2)C2CCCCC2)=C1.C=CC=CCCC.[Ti]. The second-order valence-corrected chi connectivity index (χ2v) is 14.5. The summed E-state index contributed by atoms with van der Waals surface area (Å²) in [6.45, 7) is 5.71. The molecule has 3 heteroatoms. The normalized spacial score (nSPS) is 22.9. The van der Waals surface area contributed by atoms with Gasteiger partial charge < -0.3 is 0 Å². The third-order valence-electron chi connectivity index (χ3n) is 8.26. The molecule has 0 amide bonds. The number of rotatable bonds is 7. The van der Waals surface area contributed by atoms with Crippen LogP contribution < -0.4 is 0 Å². The molecular formula is C30H50NPTi. The Morgan fingerprint density at radius 3 is 1.70 bits per heavy atom. The van der Waals surface area contributed by atoms with Gasteiger partial charge in [0.25, 0.3) is 0 Å². The van der Waals surface area contributed by atoms with E-state index in [2.05, 4.69) is 37.8 Å². The van der Waals surface area contributed by atoms with Crippen LogP contribution in [0.15, 0.2) is 53.5 Å². The van der Waals surface area contributed by atoms with Gasteiger partial charge in [0.2, 0.25) is 0 Å². The van der Waals surface area contributed by atoms with Crippen molar-refractivity contribution < 1.29 is 21.7 Å². The van der Waals surface area contributed by atoms with Gasteiger partial charge in [-0.1, -0.05) is 108 Å². The topological polar surface area (TPSA) is 12.4 Å². The zero-order valence-electron chi connectivity index (χ0n) is 21.5. The molecule has 0 spiro atoms. The summed E-state index contributed by atoms with van der Waals surface area (Å²) in [4.78, 5) is 0. The minimum Gasteiger partial charge on any atom is -0.271 e. The van der Waals surface area contributed by atoms with E-state index in [1.807, 2.05) is 6.08 Å². The van der Waals surface area contributed by atoms with E-state index < -0.39 is 7.05 Å². The summed E-state index contributed by atoms with van der Waals surface area (Å²) in [6, 6.07) is 0. The predicted molar refractivity (Wildman–Crippen MR) is 146 cm³/mol. The standard InChI is InChI=1S/C23H38NP.C7H12.Ti/c1-4-14-21(15-5-1)25(22-16-6-2-7-17-22,23-18-8-3-9-19-23)24-20-12-10-11-13-20;1-3-5-7-6-4-2;/h10-12,21-23H,1-9,13-19H2;3,5,7H,1,4,6H2,2H3;. The van der Waals surface area contributed by atoms with Gasteiger partial charge in [-0.2, -0.15) is 0 Å². The Morgan fingerprint density at radius 1 is 0.848 bits per heavy atom. The molecule has 4 rings (SSSR count). The number of nitrogens with zero attached hydrogens (tertiary/aromatic N) is 1. The molecule has 184 valence electrons. The van der Waals surface area contributed by atoms with Crippen molar-refractivity contribution in [1.82, 2.24) is 0 Å². The zero-order valence-corrected chi connectivity index (χ0v) is 24.0. The average molecular weight is 504 g/mol. The fourth-order valence-electron chi connectivity index (χ4n) is 6.72. The summed E-state index contributed by atoms with van der Waals surface area (Å²) in [5, 5.41) is 0. The molecule has 4 aliphatic carbocycles. The molecular weight excluding hydrogens is 453 g/mol. The largest absolute Gasteiger partial charge is 0.271 e. The van der Waals surface area contributed by atoms with Crippen LogP contribution in [0.3, 0.4) is 0 Å². The molecule has 33 heavy (non-hydrogen) atoms. The first-order valence-electron chi connectivity index (χ1n) is 14.1. The van der Waals surface area contributed by atoms with Gasteiger partial charge in [-0.3, -0.25) is 4.74 Å². The van der Waals surface area contributed by atoms with E-state index in [4.69, 9.17) is 4.74 Å². The van der Waals surface area contributed by atoms with Crippen LogP contribution in [0.5, 0.6) is 0 Å². The van der Waals surface area contributed by atoms with E-state index in [1.54, 1.807) is 6.08 Å². The molecule has 0 aromatic heterocycles. The van der Waals surface area contributed by atoms with E-state index in [0.717, 1.165) is 23.4 Å². The van der Waals surface area contributed by atoms with Gasteiger partial charge in [0, 0.05) is 33.8 Å². The molecule has 0 aromatic rings. The number of allylic oxidation sites excluding steroid dienone is 6. The molecule has 0 bridgehead atoms. The van der Waals surface area contributed by atoms with Crippen LogP contribution in [0.25, 0.3) is 0 Å². The van der Waals surface area contributed by atoms with Gasteiger partial charge in [0.15, 0.2) is 0 Å². The first-order valence-corrected chi connectivity index (χ1v) is 16.0. The second-order valence-electron chi connectivity index (χ2n) is 10.5. The van der Waals surface area contributed by atoms with Crippen molar-refractivity contribution in [2.45, 2.75) is 139 Å². The Morgan fingerprint density at radius 2 is 1.33 bits per heavy atom. The van der Waals surface area contributed by atoms with Gasteiger partial charge in [-0.15, -0.1) is 0 Å². The second kappa shape index (κ2) is 16.6. The Hall–Kier alpha value is -0.0957. The first-order chi connectivity index (χ1) is 15.8. The van der Waals surface area contributed by atoms with Crippen molar-refractivity contribution >= 4 is 7.05 Å². The molecule has 0 atom stereocenters. The molecule has 3 fully saturated rings. The number of hydrogen-bond donors (Lipinski definition) is 0. The molecule has 0 aliphatic heterocycles. The molecule has 0 radical (unpaired) electrons. The molecule has 0 heterocycles. The summed E-state index contributed by atoms with van der Waals surface area (Å²) in [7, 11) is -1.25. The van der Waals surface area contributed by atoms with Crippen molar-refractivity contribution in [1.29, 1.82) is 0 Å². The third-order valence-corrected chi connectivity index (χ3v) is 13.9. The van der Waals surface area contributed by atoms with Crippen LogP contribution in [0, 0.1) is 0 Å². The van der Waals surface area contributed by atoms with Gasteiger partial charge >= 0.3 is 0 Å². The van der Waals surface area contributed by atoms with Crippen LogP contribution >= 0.6 is 7.05 Å². The van der Waals surface area contributed by atoms with Crippen molar-refractivity contribution in [3.63, 3.8) is 0 Å². The molecule has 0 saturated heterocycles. The number of hydrogen-bond acceptors (Lipinski definition) is 1. The summed E-state index contributed by atoms with van der Waals surface area (Å²) < 4.78 is 5.89. The molecule has 4 aliphatic rings. The van der Waals surface area contributed by atoms with Crippen LogP contribution in [0.2, 0.25) is 0 Å². The Balaban J connectivity index is 0.000000423. The Kier molecular flexibility index (Phi) is 14.6. The van der Waals surface area contributed by atoms with Gasteiger partial charge in [0.05, 0.1) is 0 Å². The third kappa shape index (κ3) is 8.51. The zero-order chi connectivity index (χ0) is 22.5. The maximum Gasteiger partial charge on any atom is 0.0425 e. The van der Waals surface area contributed by atoms with Crippen molar-refractivity contribution in [3.05, 3.63) is 48.7 Å². The smallest absolute Gasteiger partial charge is 0.0425 e. The maximum absolute atomic E-state index is 5.89. The van der Waals surface area contributed by atoms with Crippen molar-refractivity contribution in [3.8, 4) is 0 Å². The molecule has 0 aromatic carbocycles. The molecule has 3 saturated carbocycles. The summed E-state index contributed by atoms with van der Waals surface area (Å²) in [6.07, 6.45) is 38.7. The average Bonchev–Trinajstić information content (AvgIpc) is 3.38. The van der Waals surface area contributed by atoms with E-state index in [-0.39, 0.29) is 21.7 Å². The van der Waals surface area contributed by atoms with Crippen LogP contribution in [-0.4, -0.2) is 17.0 Å². The summed E-state index contributed by atoms with van der Waals surface area (Å²) in [5.74, 6) is 0.